The van der Waals surface area contributed by atoms with Crippen molar-refractivity contribution in [3.63, 3.8) is 0 Å². The third-order valence-corrected chi connectivity index (χ3v) is 4.92. The van der Waals surface area contributed by atoms with Gasteiger partial charge in [0.25, 0.3) is 0 Å². The molecular formula is C22H24N2O2. The van der Waals surface area contributed by atoms with Crippen molar-refractivity contribution in [2.24, 2.45) is 0 Å². The largest absolute Gasteiger partial charge is 0.497 e. The van der Waals surface area contributed by atoms with E-state index in [1.807, 2.05) is 62.4 Å². The Morgan fingerprint density at radius 2 is 0.885 bits per heavy atom. The van der Waals surface area contributed by atoms with Gasteiger partial charge in [-0.05, 0) is 60.4 Å². The SMILES string of the molecule is COc1ccc(-c2c(N)c(C)c(C)c(N)c2-c2ccc(OC)cc2)cc1. The van der Waals surface area contributed by atoms with Crippen molar-refractivity contribution in [1.29, 1.82) is 0 Å². The molecule has 0 aromatic heterocycles. The number of hydrogen-bond acceptors (Lipinski definition) is 4. The van der Waals surface area contributed by atoms with Crippen LogP contribution in [0.1, 0.15) is 11.1 Å². The fraction of sp³-hybridized carbons (Fsp3) is 0.182. The maximum Gasteiger partial charge on any atom is 0.118 e. The molecule has 3 rings (SSSR count). The first-order valence-corrected chi connectivity index (χ1v) is 8.44. The van der Waals surface area contributed by atoms with E-state index in [0.29, 0.717) is 0 Å². The summed E-state index contributed by atoms with van der Waals surface area (Å²) in [5.74, 6) is 1.60. The highest BCUT2D eigenvalue weighted by atomic mass is 16.5. The van der Waals surface area contributed by atoms with Gasteiger partial charge < -0.3 is 20.9 Å². The van der Waals surface area contributed by atoms with E-state index in [9.17, 15) is 0 Å². The van der Waals surface area contributed by atoms with Crippen molar-refractivity contribution in [1.82, 2.24) is 0 Å². The molecule has 0 spiro atoms. The fourth-order valence-electron chi connectivity index (χ4n) is 3.16. The number of ether oxygens (including phenoxy) is 2. The summed E-state index contributed by atoms with van der Waals surface area (Å²) >= 11 is 0. The zero-order chi connectivity index (χ0) is 18.8. The van der Waals surface area contributed by atoms with Crippen LogP contribution in [-0.4, -0.2) is 14.2 Å². The minimum absolute atomic E-state index is 0.743. The van der Waals surface area contributed by atoms with Crippen LogP contribution in [-0.2, 0) is 0 Å². The second-order valence-corrected chi connectivity index (χ2v) is 6.28. The van der Waals surface area contributed by atoms with Gasteiger partial charge in [-0.15, -0.1) is 0 Å². The molecule has 0 unspecified atom stereocenters. The van der Waals surface area contributed by atoms with E-state index >= 15 is 0 Å². The number of rotatable bonds is 4. The van der Waals surface area contributed by atoms with E-state index in [1.165, 1.54) is 0 Å². The topological polar surface area (TPSA) is 70.5 Å². The van der Waals surface area contributed by atoms with Gasteiger partial charge >= 0.3 is 0 Å². The number of nitrogen functional groups attached to an aromatic ring is 2. The standard InChI is InChI=1S/C22H24N2O2/c1-13-14(2)22(24)20(16-7-11-18(26-4)12-8-16)19(21(13)23)15-5-9-17(25-3)10-6-15/h5-12H,23-24H2,1-4H3. The smallest absolute Gasteiger partial charge is 0.118 e. The second kappa shape index (κ2) is 7.00. The van der Waals surface area contributed by atoms with Crippen LogP contribution in [0, 0.1) is 13.8 Å². The zero-order valence-electron chi connectivity index (χ0n) is 15.6. The quantitative estimate of drug-likeness (QED) is 0.663. The predicted molar refractivity (Wildman–Crippen MR) is 109 cm³/mol. The molecule has 26 heavy (non-hydrogen) atoms. The highest BCUT2D eigenvalue weighted by molar-refractivity contribution is 5.99. The Kier molecular flexibility index (Phi) is 4.76. The third kappa shape index (κ3) is 2.94. The van der Waals surface area contributed by atoms with Crippen molar-refractivity contribution in [2.45, 2.75) is 13.8 Å². The van der Waals surface area contributed by atoms with Crippen LogP contribution in [0.4, 0.5) is 11.4 Å². The van der Waals surface area contributed by atoms with Crippen LogP contribution in [0.15, 0.2) is 48.5 Å². The summed E-state index contributed by atoms with van der Waals surface area (Å²) in [5.41, 5.74) is 20.5. The number of methoxy groups -OCH3 is 2. The van der Waals surface area contributed by atoms with Crippen molar-refractivity contribution in [3.05, 3.63) is 59.7 Å². The molecule has 0 aliphatic heterocycles. The minimum Gasteiger partial charge on any atom is -0.497 e. The lowest BCUT2D eigenvalue weighted by molar-refractivity contribution is 0.414. The van der Waals surface area contributed by atoms with Crippen molar-refractivity contribution in [2.75, 3.05) is 25.7 Å². The summed E-state index contributed by atoms with van der Waals surface area (Å²) in [5, 5.41) is 0. The summed E-state index contributed by atoms with van der Waals surface area (Å²) < 4.78 is 10.5. The first-order chi connectivity index (χ1) is 12.5. The molecule has 0 saturated carbocycles. The van der Waals surface area contributed by atoms with Gasteiger partial charge in [0, 0.05) is 22.5 Å². The lowest BCUT2D eigenvalue weighted by atomic mass is 9.87. The molecule has 0 heterocycles. The van der Waals surface area contributed by atoms with Gasteiger partial charge in [-0.3, -0.25) is 0 Å². The summed E-state index contributed by atoms with van der Waals surface area (Å²) in [7, 11) is 3.31. The second-order valence-electron chi connectivity index (χ2n) is 6.28. The molecule has 134 valence electrons. The number of nitrogens with two attached hydrogens (primary N) is 2. The Bertz CT molecular complexity index is 852. The number of benzene rings is 3. The molecule has 0 bridgehead atoms. The van der Waals surface area contributed by atoms with Gasteiger partial charge in [0.1, 0.15) is 11.5 Å². The van der Waals surface area contributed by atoms with Crippen molar-refractivity contribution >= 4 is 11.4 Å². The summed E-state index contributed by atoms with van der Waals surface area (Å²) in [4.78, 5) is 0. The van der Waals surface area contributed by atoms with Gasteiger partial charge in [-0.2, -0.15) is 0 Å². The van der Waals surface area contributed by atoms with Crippen molar-refractivity contribution in [3.8, 4) is 33.8 Å². The highest BCUT2D eigenvalue weighted by Crippen LogP contribution is 2.44. The predicted octanol–water partition coefficient (Wildman–Crippen LogP) is 4.82. The molecule has 0 radical (unpaired) electrons. The van der Waals surface area contributed by atoms with Gasteiger partial charge in [0.05, 0.1) is 14.2 Å². The van der Waals surface area contributed by atoms with Gasteiger partial charge in [0.15, 0.2) is 0 Å². The van der Waals surface area contributed by atoms with E-state index in [0.717, 1.165) is 56.3 Å². The van der Waals surface area contributed by atoms with Crippen LogP contribution in [0.25, 0.3) is 22.3 Å². The molecule has 0 atom stereocenters. The average Bonchev–Trinajstić information content (AvgIpc) is 2.69. The molecule has 0 amide bonds. The van der Waals surface area contributed by atoms with Crippen molar-refractivity contribution < 1.29 is 9.47 Å². The molecule has 0 fully saturated rings. The van der Waals surface area contributed by atoms with E-state index in [2.05, 4.69) is 0 Å². The van der Waals surface area contributed by atoms with Crippen LogP contribution in [0.3, 0.4) is 0 Å². The van der Waals surface area contributed by atoms with Crippen LogP contribution in [0.5, 0.6) is 11.5 Å². The summed E-state index contributed by atoms with van der Waals surface area (Å²) in [6, 6.07) is 15.7. The van der Waals surface area contributed by atoms with Crippen LogP contribution < -0.4 is 20.9 Å². The van der Waals surface area contributed by atoms with E-state index in [1.54, 1.807) is 14.2 Å². The molecule has 0 aliphatic carbocycles. The maximum absolute atomic E-state index is 6.54. The lowest BCUT2D eigenvalue weighted by Gasteiger charge is -2.21. The molecule has 4 nitrogen and oxygen atoms in total. The van der Waals surface area contributed by atoms with Crippen LogP contribution in [0.2, 0.25) is 0 Å². The summed E-state index contributed by atoms with van der Waals surface area (Å²) in [6.45, 7) is 4.01. The first-order valence-electron chi connectivity index (χ1n) is 8.44. The van der Waals surface area contributed by atoms with E-state index in [4.69, 9.17) is 20.9 Å². The number of hydrogen-bond donors (Lipinski definition) is 2. The van der Waals surface area contributed by atoms with Gasteiger partial charge in [-0.25, -0.2) is 0 Å². The Labute approximate surface area is 154 Å². The Balaban J connectivity index is 2.30. The third-order valence-electron chi connectivity index (χ3n) is 4.92. The summed E-state index contributed by atoms with van der Waals surface area (Å²) in [6.07, 6.45) is 0. The zero-order valence-corrected chi connectivity index (χ0v) is 15.6. The fourth-order valence-corrected chi connectivity index (χ4v) is 3.16. The average molecular weight is 348 g/mol. The molecule has 4 heteroatoms. The first kappa shape index (κ1) is 17.7. The van der Waals surface area contributed by atoms with Gasteiger partial charge in [0.2, 0.25) is 0 Å². The van der Waals surface area contributed by atoms with Crippen LogP contribution >= 0.6 is 0 Å². The molecule has 0 aliphatic rings. The Hall–Kier alpha value is -3.14. The molecule has 0 saturated heterocycles. The molecule has 3 aromatic rings. The normalized spacial score (nSPS) is 10.6. The minimum atomic E-state index is 0.743. The lowest BCUT2D eigenvalue weighted by Crippen LogP contribution is -2.04. The van der Waals surface area contributed by atoms with Gasteiger partial charge in [-0.1, -0.05) is 24.3 Å². The maximum atomic E-state index is 6.54. The molecule has 3 aromatic carbocycles. The Morgan fingerprint density at radius 1 is 0.577 bits per heavy atom. The Morgan fingerprint density at radius 3 is 1.15 bits per heavy atom. The number of anilines is 2. The molecular weight excluding hydrogens is 324 g/mol. The van der Waals surface area contributed by atoms with E-state index in [-0.39, 0.29) is 0 Å². The molecule has 4 N–H and O–H groups in total. The monoisotopic (exact) mass is 348 g/mol. The highest BCUT2D eigenvalue weighted by Gasteiger charge is 2.19. The van der Waals surface area contributed by atoms with E-state index < -0.39 is 0 Å².